The van der Waals surface area contributed by atoms with Crippen molar-refractivity contribution in [3.05, 3.63) is 23.8 Å². The summed E-state index contributed by atoms with van der Waals surface area (Å²) in [7, 11) is -1.96. The van der Waals surface area contributed by atoms with Crippen molar-refractivity contribution in [2.75, 3.05) is 17.6 Å². The van der Waals surface area contributed by atoms with Gasteiger partial charge in [0.1, 0.15) is 13.6 Å². The first-order valence-corrected chi connectivity index (χ1v) is 7.34. The van der Waals surface area contributed by atoms with Crippen molar-refractivity contribution in [3.8, 4) is 5.75 Å². The van der Waals surface area contributed by atoms with E-state index in [0.29, 0.717) is 6.32 Å². The molecule has 0 aromatic heterocycles. The van der Waals surface area contributed by atoms with E-state index in [1.165, 1.54) is 6.07 Å². The lowest BCUT2D eigenvalue weighted by Gasteiger charge is -2.15. The lowest BCUT2D eigenvalue weighted by atomic mass is 10.1. The molecule has 0 radical (unpaired) electrons. The molecule has 0 amide bonds. The van der Waals surface area contributed by atoms with E-state index in [2.05, 4.69) is 0 Å². The van der Waals surface area contributed by atoms with E-state index in [-0.39, 0.29) is 12.4 Å². The first kappa shape index (κ1) is 15.7. The maximum absolute atomic E-state index is 12.8. The minimum atomic E-state index is -4.67. The Hall–Kier alpha value is -1.38. The van der Waals surface area contributed by atoms with Crippen LogP contribution < -0.4 is 9.46 Å². The van der Waals surface area contributed by atoms with Gasteiger partial charge in [-0.05, 0) is 24.5 Å². The van der Waals surface area contributed by atoms with E-state index in [0.717, 1.165) is 18.4 Å². The van der Waals surface area contributed by atoms with Crippen LogP contribution in [-0.4, -0.2) is 29.1 Å². The Morgan fingerprint density at radius 3 is 2.47 bits per heavy atom. The second kappa shape index (κ2) is 5.73. The zero-order valence-electron chi connectivity index (χ0n) is 10.4. The maximum atomic E-state index is 12.8. The molecule has 0 aliphatic rings. The van der Waals surface area contributed by atoms with Gasteiger partial charge in [0, 0.05) is 0 Å². The number of anilines is 1. The Labute approximate surface area is 110 Å². The van der Waals surface area contributed by atoms with Crippen LogP contribution in [0.2, 0.25) is 6.32 Å². The van der Waals surface area contributed by atoms with Gasteiger partial charge in [-0.15, -0.1) is 0 Å². The monoisotopic (exact) mass is 295 g/mol. The molecule has 0 aliphatic heterocycles. The molecule has 1 aromatic carbocycles. The van der Waals surface area contributed by atoms with Crippen LogP contribution in [0.15, 0.2) is 18.2 Å². The number of rotatable bonds is 5. The summed E-state index contributed by atoms with van der Waals surface area (Å²) in [6, 6.07) is 3.11. The highest BCUT2D eigenvalue weighted by Crippen LogP contribution is 2.37. The SMILES string of the molecule is BCCOc1ccc(NS(C)(=O)=O)c(C(F)(F)F)c1. The standard InChI is InChI=1S/C10H13BF3NO3S/c1-19(16,17)15-9-3-2-7(18-5-4-11)6-8(9)10(12,13)14/h2-3,6,15H,4-5,11H2,1H3. The summed E-state index contributed by atoms with van der Waals surface area (Å²) >= 11 is 0. The molecule has 9 heteroatoms. The molecule has 4 nitrogen and oxygen atoms in total. The highest BCUT2D eigenvalue weighted by atomic mass is 32.2. The number of sulfonamides is 1. The Kier molecular flexibility index (Phi) is 4.73. The third-order valence-electron chi connectivity index (χ3n) is 2.06. The van der Waals surface area contributed by atoms with Gasteiger partial charge < -0.3 is 4.74 Å². The fourth-order valence-electron chi connectivity index (χ4n) is 1.36. The van der Waals surface area contributed by atoms with Gasteiger partial charge in [0.15, 0.2) is 0 Å². The first-order valence-electron chi connectivity index (χ1n) is 5.45. The van der Waals surface area contributed by atoms with Crippen molar-refractivity contribution in [2.45, 2.75) is 12.5 Å². The third-order valence-corrected chi connectivity index (χ3v) is 2.66. The predicted octanol–water partition coefficient (Wildman–Crippen LogP) is 1.51. The molecule has 0 saturated carbocycles. The lowest BCUT2D eigenvalue weighted by Crippen LogP contribution is -2.15. The highest BCUT2D eigenvalue weighted by Gasteiger charge is 2.34. The number of benzene rings is 1. The number of hydrogen-bond acceptors (Lipinski definition) is 3. The van der Waals surface area contributed by atoms with Crippen LogP contribution in [0.5, 0.6) is 5.75 Å². The van der Waals surface area contributed by atoms with E-state index >= 15 is 0 Å². The van der Waals surface area contributed by atoms with Gasteiger partial charge in [-0.1, -0.05) is 0 Å². The Bertz CT molecular complexity index is 545. The largest absolute Gasteiger partial charge is 0.494 e. The number of alkyl halides is 3. The molecular formula is C10H13BF3NO3S. The summed E-state index contributed by atoms with van der Waals surface area (Å²) in [4.78, 5) is 0. The van der Waals surface area contributed by atoms with Crippen LogP contribution in [0.25, 0.3) is 0 Å². The number of ether oxygens (including phenoxy) is 1. The average molecular weight is 295 g/mol. The molecule has 0 atom stereocenters. The predicted molar refractivity (Wildman–Crippen MR) is 68.8 cm³/mol. The van der Waals surface area contributed by atoms with E-state index in [1.807, 2.05) is 12.6 Å². The summed E-state index contributed by atoms with van der Waals surface area (Å²) in [5.74, 6) is 0.0493. The van der Waals surface area contributed by atoms with Gasteiger partial charge >= 0.3 is 6.18 Å². The summed E-state index contributed by atoms with van der Waals surface area (Å²) in [6.45, 7) is 0.288. The topological polar surface area (TPSA) is 55.4 Å². The van der Waals surface area contributed by atoms with Crippen molar-refractivity contribution in [2.24, 2.45) is 0 Å². The summed E-state index contributed by atoms with van der Waals surface area (Å²) in [5.41, 5.74) is -1.59. The second-order valence-electron chi connectivity index (χ2n) is 3.93. The molecule has 0 unspecified atom stereocenters. The van der Waals surface area contributed by atoms with Crippen LogP contribution in [0.1, 0.15) is 5.56 Å². The van der Waals surface area contributed by atoms with Gasteiger partial charge in [-0.2, -0.15) is 13.2 Å². The summed E-state index contributed by atoms with van der Waals surface area (Å²) in [5, 5.41) is 0. The smallest absolute Gasteiger partial charge is 0.418 e. The third kappa shape index (κ3) is 5.02. The molecule has 1 rings (SSSR count). The van der Waals surface area contributed by atoms with Gasteiger partial charge in [0.05, 0.1) is 24.1 Å². The second-order valence-corrected chi connectivity index (χ2v) is 5.68. The first-order chi connectivity index (χ1) is 8.63. The minimum absolute atomic E-state index is 0.0493. The van der Waals surface area contributed by atoms with Crippen molar-refractivity contribution in [1.82, 2.24) is 0 Å². The van der Waals surface area contributed by atoms with Crippen molar-refractivity contribution in [3.63, 3.8) is 0 Å². The van der Waals surface area contributed by atoms with Crippen LogP contribution in [0.4, 0.5) is 18.9 Å². The minimum Gasteiger partial charge on any atom is -0.494 e. The molecule has 106 valence electrons. The Balaban J connectivity index is 3.17. The van der Waals surface area contributed by atoms with Crippen molar-refractivity contribution >= 4 is 23.6 Å². The molecule has 0 aliphatic carbocycles. The lowest BCUT2D eigenvalue weighted by molar-refractivity contribution is -0.137. The van der Waals surface area contributed by atoms with E-state index in [1.54, 1.807) is 0 Å². The fraction of sp³-hybridized carbons (Fsp3) is 0.400. The Morgan fingerprint density at radius 2 is 2.00 bits per heavy atom. The van der Waals surface area contributed by atoms with Gasteiger partial charge in [0.2, 0.25) is 10.0 Å². The number of halogens is 3. The van der Waals surface area contributed by atoms with Crippen LogP contribution in [0, 0.1) is 0 Å². The number of hydrogen-bond donors (Lipinski definition) is 1. The molecule has 0 saturated heterocycles. The molecule has 1 N–H and O–H groups in total. The molecule has 0 spiro atoms. The van der Waals surface area contributed by atoms with Crippen LogP contribution >= 0.6 is 0 Å². The zero-order chi connectivity index (χ0) is 14.7. The molecule has 0 heterocycles. The maximum Gasteiger partial charge on any atom is 0.418 e. The normalized spacial score (nSPS) is 12.2. The summed E-state index contributed by atoms with van der Waals surface area (Å²) < 4.78 is 67.5. The van der Waals surface area contributed by atoms with E-state index in [4.69, 9.17) is 4.74 Å². The Morgan fingerprint density at radius 1 is 1.37 bits per heavy atom. The van der Waals surface area contributed by atoms with Crippen LogP contribution in [0.3, 0.4) is 0 Å². The van der Waals surface area contributed by atoms with Gasteiger partial charge in [-0.3, -0.25) is 4.72 Å². The van der Waals surface area contributed by atoms with Crippen molar-refractivity contribution in [1.29, 1.82) is 0 Å². The molecule has 19 heavy (non-hydrogen) atoms. The van der Waals surface area contributed by atoms with E-state index < -0.39 is 27.5 Å². The highest BCUT2D eigenvalue weighted by molar-refractivity contribution is 7.92. The fourth-order valence-corrected chi connectivity index (χ4v) is 1.93. The molecular weight excluding hydrogens is 282 g/mol. The van der Waals surface area contributed by atoms with Crippen LogP contribution in [-0.2, 0) is 16.2 Å². The molecule has 0 bridgehead atoms. The zero-order valence-corrected chi connectivity index (χ0v) is 11.2. The number of nitrogens with one attached hydrogen (secondary N) is 1. The van der Waals surface area contributed by atoms with Crippen molar-refractivity contribution < 1.29 is 26.3 Å². The molecule has 1 aromatic rings. The quantitative estimate of drug-likeness (QED) is 0.838. The van der Waals surface area contributed by atoms with E-state index in [9.17, 15) is 21.6 Å². The van der Waals surface area contributed by atoms with Gasteiger partial charge in [0.25, 0.3) is 0 Å². The van der Waals surface area contributed by atoms with Gasteiger partial charge in [-0.25, -0.2) is 8.42 Å². The molecule has 0 fully saturated rings. The average Bonchev–Trinajstić information content (AvgIpc) is 2.24. The summed E-state index contributed by atoms with van der Waals surface area (Å²) in [6.07, 6.45) is -3.22.